The predicted molar refractivity (Wildman–Crippen MR) is 127 cm³/mol. The highest BCUT2D eigenvalue weighted by molar-refractivity contribution is 7.99. The van der Waals surface area contributed by atoms with Gasteiger partial charge in [0.2, 0.25) is 5.91 Å². The van der Waals surface area contributed by atoms with Gasteiger partial charge >= 0.3 is 5.97 Å². The minimum atomic E-state index is -0.358. The minimum Gasteiger partial charge on any atom is -0.459 e. The number of thiophene rings is 1. The molecular formula is C23H26N4O3S2. The highest BCUT2D eigenvalue weighted by Gasteiger charge is 2.28. The quantitative estimate of drug-likeness (QED) is 0.397. The first-order chi connectivity index (χ1) is 15.4. The number of anilines is 1. The highest BCUT2D eigenvalue weighted by Crippen LogP contribution is 2.39. The number of benzene rings is 1. The summed E-state index contributed by atoms with van der Waals surface area (Å²) >= 11 is 2.81. The van der Waals surface area contributed by atoms with E-state index >= 15 is 0 Å². The Morgan fingerprint density at radius 3 is 2.69 bits per heavy atom. The highest BCUT2D eigenvalue weighted by atomic mass is 32.2. The second-order valence-electron chi connectivity index (χ2n) is 7.94. The first-order valence-electron chi connectivity index (χ1n) is 10.7. The summed E-state index contributed by atoms with van der Waals surface area (Å²) in [5, 5.41) is 12.7. The van der Waals surface area contributed by atoms with Crippen molar-refractivity contribution < 1.29 is 14.3 Å². The number of hydrogen-bond donors (Lipinski definition) is 1. The lowest BCUT2D eigenvalue weighted by Crippen LogP contribution is -2.19. The third-order valence-corrected chi connectivity index (χ3v) is 7.40. The average molecular weight is 471 g/mol. The van der Waals surface area contributed by atoms with E-state index in [4.69, 9.17) is 4.74 Å². The van der Waals surface area contributed by atoms with Crippen LogP contribution < -0.4 is 5.32 Å². The molecule has 9 heteroatoms. The molecule has 3 aromatic rings. The molecule has 0 saturated carbocycles. The Morgan fingerprint density at radius 2 is 1.94 bits per heavy atom. The number of ether oxygens (including phenoxy) is 1. The molecule has 7 nitrogen and oxygen atoms in total. The molecule has 1 amide bonds. The standard InChI is InChI=1S/C23H26N4O3S2/c1-14(2)30-22(29)19-16-11-7-8-12-17(16)32-21(19)24-18(28)13-31-23-26-25-20(27(23)3)15-9-5-4-6-10-15/h4-6,9-10,14H,7-8,11-13H2,1-3H3,(H,24,28). The van der Waals surface area contributed by atoms with E-state index in [9.17, 15) is 9.59 Å². The number of rotatable bonds is 7. The van der Waals surface area contributed by atoms with Crippen LogP contribution in [0.2, 0.25) is 0 Å². The van der Waals surface area contributed by atoms with Crippen molar-refractivity contribution in [3.63, 3.8) is 0 Å². The van der Waals surface area contributed by atoms with Gasteiger partial charge in [0.05, 0.1) is 17.4 Å². The van der Waals surface area contributed by atoms with E-state index < -0.39 is 0 Å². The number of aromatic nitrogens is 3. The second kappa shape index (κ2) is 9.87. The molecule has 1 aliphatic carbocycles. The van der Waals surface area contributed by atoms with Crippen molar-refractivity contribution >= 4 is 40.0 Å². The second-order valence-corrected chi connectivity index (χ2v) is 9.98. The van der Waals surface area contributed by atoms with Crippen molar-refractivity contribution in [3.05, 3.63) is 46.3 Å². The average Bonchev–Trinajstić information content (AvgIpc) is 3.32. The van der Waals surface area contributed by atoms with Crippen molar-refractivity contribution in [2.75, 3.05) is 11.1 Å². The molecule has 0 radical (unpaired) electrons. The van der Waals surface area contributed by atoms with E-state index in [-0.39, 0.29) is 23.7 Å². The largest absolute Gasteiger partial charge is 0.459 e. The molecule has 0 spiro atoms. The number of amides is 1. The summed E-state index contributed by atoms with van der Waals surface area (Å²) in [7, 11) is 1.88. The summed E-state index contributed by atoms with van der Waals surface area (Å²) in [6.45, 7) is 3.66. The van der Waals surface area contributed by atoms with Crippen molar-refractivity contribution in [2.24, 2.45) is 7.05 Å². The molecule has 0 fully saturated rings. The number of carbonyl (C=O) groups excluding carboxylic acids is 2. The van der Waals surface area contributed by atoms with Gasteiger partial charge in [-0.3, -0.25) is 4.79 Å². The number of aryl methyl sites for hydroxylation is 1. The zero-order valence-corrected chi connectivity index (χ0v) is 20.0. The summed E-state index contributed by atoms with van der Waals surface area (Å²) in [5.41, 5.74) is 2.54. The third kappa shape index (κ3) is 4.88. The van der Waals surface area contributed by atoms with E-state index in [1.165, 1.54) is 28.0 Å². The van der Waals surface area contributed by atoms with Crippen molar-refractivity contribution in [2.45, 2.75) is 50.8 Å². The number of esters is 1. The summed E-state index contributed by atoms with van der Waals surface area (Å²) in [5.74, 6) is 0.375. The van der Waals surface area contributed by atoms with Crippen LogP contribution in [0.25, 0.3) is 11.4 Å². The molecule has 0 bridgehead atoms. The van der Waals surface area contributed by atoms with Crippen LogP contribution in [0.1, 0.15) is 47.5 Å². The molecule has 0 unspecified atom stereocenters. The molecule has 2 heterocycles. The maximum Gasteiger partial charge on any atom is 0.341 e. The van der Waals surface area contributed by atoms with Crippen LogP contribution in [0.4, 0.5) is 5.00 Å². The number of nitrogens with one attached hydrogen (secondary N) is 1. The third-order valence-electron chi connectivity index (χ3n) is 5.17. The Bertz CT molecular complexity index is 1120. The zero-order valence-electron chi connectivity index (χ0n) is 18.4. The molecule has 168 valence electrons. The van der Waals surface area contributed by atoms with Gasteiger partial charge < -0.3 is 14.6 Å². The van der Waals surface area contributed by atoms with Gasteiger partial charge in [0.25, 0.3) is 0 Å². The molecular weight excluding hydrogens is 444 g/mol. The van der Waals surface area contributed by atoms with E-state index in [0.29, 0.717) is 15.7 Å². The van der Waals surface area contributed by atoms with Crippen LogP contribution in [0.15, 0.2) is 35.5 Å². The topological polar surface area (TPSA) is 86.1 Å². The van der Waals surface area contributed by atoms with Gasteiger partial charge in [0.15, 0.2) is 11.0 Å². The fourth-order valence-electron chi connectivity index (χ4n) is 3.71. The Hall–Kier alpha value is -2.65. The van der Waals surface area contributed by atoms with Gasteiger partial charge in [-0.25, -0.2) is 4.79 Å². The Labute approximate surface area is 195 Å². The first kappa shape index (κ1) is 22.5. The lowest BCUT2D eigenvalue weighted by molar-refractivity contribution is -0.113. The first-order valence-corrected chi connectivity index (χ1v) is 12.5. The monoisotopic (exact) mass is 470 g/mol. The summed E-state index contributed by atoms with van der Waals surface area (Å²) in [4.78, 5) is 26.7. The van der Waals surface area contributed by atoms with Gasteiger partial charge in [0.1, 0.15) is 5.00 Å². The molecule has 0 saturated heterocycles. The van der Waals surface area contributed by atoms with Gasteiger partial charge in [-0.1, -0.05) is 42.1 Å². The maximum absolute atomic E-state index is 12.8. The molecule has 1 aliphatic rings. The molecule has 32 heavy (non-hydrogen) atoms. The van der Waals surface area contributed by atoms with Crippen molar-refractivity contribution in [1.29, 1.82) is 0 Å². The van der Waals surface area contributed by atoms with Gasteiger partial charge in [-0.2, -0.15) is 0 Å². The number of fused-ring (bicyclic) bond motifs is 1. The fraction of sp³-hybridized carbons (Fsp3) is 0.391. The van der Waals surface area contributed by atoms with Crippen molar-refractivity contribution in [1.82, 2.24) is 14.8 Å². The molecule has 4 rings (SSSR count). The number of hydrogen-bond acceptors (Lipinski definition) is 7. The lowest BCUT2D eigenvalue weighted by Gasteiger charge is -2.14. The van der Waals surface area contributed by atoms with E-state index in [2.05, 4.69) is 15.5 Å². The maximum atomic E-state index is 12.8. The van der Waals surface area contributed by atoms with Crippen LogP contribution >= 0.6 is 23.1 Å². The van der Waals surface area contributed by atoms with Gasteiger partial charge in [-0.05, 0) is 45.1 Å². The fourth-order valence-corrected chi connectivity index (χ4v) is 5.72. The van der Waals surface area contributed by atoms with Crippen molar-refractivity contribution in [3.8, 4) is 11.4 Å². The van der Waals surface area contributed by atoms with E-state index in [1.807, 2.05) is 55.8 Å². The normalized spacial score (nSPS) is 13.1. The molecule has 1 aromatic carbocycles. The van der Waals surface area contributed by atoms with Gasteiger partial charge in [-0.15, -0.1) is 21.5 Å². The predicted octanol–water partition coefficient (Wildman–Crippen LogP) is 4.72. The lowest BCUT2D eigenvalue weighted by atomic mass is 9.95. The number of carbonyl (C=O) groups is 2. The smallest absolute Gasteiger partial charge is 0.341 e. The Kier molecular flexibility index (Phi) is 6.95. The SMILES string of the molecule is CC(C)OC(=O)c1c(NC(=O)CSc2nnc(-c3ccccc3)n2C)sc2c1CCCC2. The molecule has 1 N–H and O–H groups in total. The van der Waals surface area contributed by atoms with Crippen LogP contribution in [-0.2, 0) is 29.4 Å². The molecule has 2 aromatic heterocycles. The van der Waals surface area contributed by atoms with Crippen LogP contribution in [0.5, 0.6) is 0 Å². The Morgan fingerprint density at radius 1 is 1.19 bits per heavy atom. The van der Waals surface area contributed by atoms with Gasteiger partial charge in [0, 0.05) is 17.5 Å². The summed E-state index contributed by atoms with van der Waals surface area (Å²) in [6.07, 6.45) is 3.72. The minimum absolute atomic E-state index is 0.169. The molecule has 0 atom stereocenters. The molecule has 0 aliphatic heterocycles. The summed E-state index contributed by atoms with van der Waals surface area (Å²) in [6, 6.07) is 9.80. The summed E-state index contributed by atoms with van der Waals surface area (Å²) < 4.78 is 7.34. The zero-order chi connectivity index (χ0) is 22.7. The van der Waals surface area contributed by atoms with E-state index in [1.54, 1.807) is 0 Å². The van der Waals surface area contributed by atoms with Crippen LogP contribution in [0, 0.1) is 0 Å². The van der Waals surface area contributed by atoms with E-state index in [0.717, 1.165) is 42.6 Å². The van der Waals surface area contributed by atoms with Crippen LogP contribution in [-0.4, -0.2) is 38.5 Å². The van der Waals surface area contributed by atoms with Crippen LogP contribution in [0.3, 0.4) is 0 Å². The Balaban J connectivity index is 1.46. The number of nitrogens with zero attached hydrogens (tertiary/aromatic N) is 3. The number of thioether (sulfide) groups is 1.